The SMILES string of the molecule is COc1ccc(N2Cc3cnc(C)nc3N([C@H]3CCC[C@@H](OC(C)(C)C)C3)C2=O)cc1. The molecular formula is C24H32N4O3. The highest BCUT2D eigenvalue weighted by atomic mass is 16.5. The molecule has 166 valence electrons. The van der Waals surface area contributed by atoms with Crippen molar-refractivity contribution in [3.05, 3.63) is 41.9 Å². The van der Waals surface area contributed by atoms with Crippen molar-refractivity contribution in [2.24, 2.45) is 0 Å². The molecule has 7 nitrogen and oxygen atoms in total. The van der Waals surface area contributed by atoms with E-state index >= 15 is 0 Å². The Morgan fingerprint density at radius 1 is 1.13 bits per heavy atom. The maximum Gasteiger partial charge on any atom is 0.330 e. The average Bonchev–Trinajstić information content (AvgIpc) is 2.72. The molecule has 0 radical (unpaired) electrons. The lowest BCUT2D eigenvalue weighted by Crippen LogP contribution is -2.54. The van der Waals surface area contributed by atoms with Crippen LogP contribution in [0.5, 0.6) is 5.75 Å². The minimum absolute atomic E-state index is 0.0442. The van der Waals surface area contributed by atoms with Crippen molar-refractivity contribution < 1.29 is 14.3 Å². The highest BCUT2D eigenvalue weighted by Gasteiger charge is 2.40. The molecule has 0 bridgehead atoms. The molecule has 0 saturated heterocycles. The fourth-order valence-electron chi connectivity index (χ4n) is 4.52. The molecule has 1 aliphatic carbocycles. The molecule has 0 unspecified atom stereocenters. The van der Waals surface area contributed by atoms with Gasteiger partial charge in [-0.2, -0.15) is 0 Å². The van der Waals surface area contributed by atoms with Crippen LogP contribution in [0.4, 0.5) is 16.3 Å². The van der Waals surface area contributed by atoms with Gasteiger partial charge in [0, 0.05) is 23.5 Å². The van der Waals surface area contributed by atoms with Gasteiger partial charge in [0.15, 0.2) is 0 Å². The van der Waals surface area contributed by atoms with Gasteiger partial charge in [0.05, 0.1) is 25.4 Å². The molecule has 0 N–H and O–H groups in total. The second-order valence-electron chi connectivity index (χ2n) is 9.38. The number of carbonyl (C=O) groups excluding carboxylic acids is 1. The van der Waals surface area contributed by atoms with Crippen LogP contribution in [-0.2, 0) is 11.3 Å². The smallest absolute Gasteiger partial charge is 0.330 e. The van der Waals surface area contributed by atoms with E-state index in [4.69, 9.17) is 9.47 Å². The monoisotopic (exact) mass is 424 g/mol. The van der Waals surface area contributed by atoms with Crippen LogP contribution >= 0.6 is 0 Å². The van der Waals surface area contributed by atoms with Gasteiger partial charge in [0.2, 0.25) is 0 Å². The number of anilines is 2. The van der Waals surface area contributed by atoms with Crippen molar-refractivity contribution in [1.29, 1.82) is 0 Å². The van der Waals surface area contributed by atoms with Crippen molar-refractivity contribution in [1.82, 2.24) is 9.97 Å². The standard InChI is InChI=1S/C24H32N4O3/c1-16-25-14-17-15-27(18-9-11-20(30-5)12-10-18)23(29)28(22(17)26-16)19-7-6-8-21(13-19)31-24(2,3)4/h9-12,14,19,21H,6-8,13,15H2,1-5H3/t19-,21+/m0/s1. The molecule has 0 spiro atoms. The molecule has 2 aromatic rings. The molecule has 2 heterocycles. The van der Waals surface area contributed by atoms with E-state index in [0.717, 1.165) is 48.5 Å². The first-order valence-corrected chi connectivity index (χ1v) is 11.0. The quantitative estimate of drug-likeness (QED) is 0.701. The predicted molar refractivity (Wildman–Crippen MR) is 121 cm³/mol. The Kier molecular flexibility index (Phi) is 5.88. The molecule has 1 aromatic carbocycles. The van der Waals surface area contributed by atoms with Gasteiger partial charge < -0.3 is 9.47 Å². The molecule has 4 rings (SSSR count). The number of nitrogens with zero attached hydrogens (tertiary/aromatic N) is 4. The topological polar surface area (TPSA) is 67.8 Å². The first kappa shape index (κ1) is 21.6. The van der Waals surface area contributed by atoms with Crippen LogP contribution in [0.15, 0.2) is 30.5 Å². The van der Waals surface area contributed by atoms with E-state index in [0.29, 0.717) is 12.4 Å². The summed E-state index contributed by atoms with van der Waals surface area (Å²) >= 11 is 0. The van der Waals surface area contributed by atoms with E-state index in [1.54, 1.807) is 12.0 Å². The molecule has 1 aromatic heterocycles. The Hall–Kier alpha value is -2.67. The Morgan fingerprint density at radius 2 is 1.87 bits per heavy atom. The lowest BCUT2D eigenvalue weighted by molar-refractivity contribution is -0.0757. The van der Waals surface area contributed by atoms with Crippen molar-refractivity contribution in [2.75, 3.05) is 16.9 Å². The van der Waals surface area contributed by atoms with Crippen molar-refractivity contribution >= 4 is 17.5 Å². The highest BCUT2D eigenvalue weighted by Crippen LogP contribution is 2.37. The second-order valence-corrected chi connectivity index (χ2v) is 9.38. The summed E-state index contributed by atoms with van der Waals surface area (Å²) in [6.07, 6.45) is 5.77. The summed E-state index contributed by atoms with van der Waals surface area (Å²) in [5.74, 6) is 2.18. The van der Waals surface area contributed by atoms with Gasteiger partial charge >= 0.3 is 6.03 Å². The maximum atomic E-state index is 13.8. The summed E-state index contributed by atoms with van der Waals surface area (Å²) in [5.41, 5.74) is 1.59. The largest absolute Gasteiger partial charge is 0.497 e. The van der Waals surface area contributed by atoms with Crippen LogP contribution in [0.3, 0.4) is 0 Å². The van der Waals surface area contributed by atoms with Crippen LogP contribution < -0.4 is 14.5 Å². The Balaban J connectivity index is 1.67. The first-order chi connectivity index (χ1) is 14.7. The number of amides is 2. The van der Waals surface area contributed by atoms with E-state index in [1.807, 2.05) is 42.3 Å². The molecule has 2 aliphatic rings. The van der Waals surface area contributed by atoms with E-state index < -0.39 is 0 Å². The third kappa shape index (κ3) is 4.66. The van der Waals surface area contributed by atoms with Gasteiger partial charge in [-0.25, -0.2) is 14.8 Å². The molecule has 7 heteroatoms. The van der Waals surface area contributed by atoms with Crippen LogP contribution in [0.1, 0.15) is 57.8 Å². The van der Waals surface area contributed by atoms with E-state index in [2.05, 4.69) is 30.7 Å². The number of methoxy groups -OCH3 is 1. The number of ether oxygens (including phenoxy) is 2. The maximum absolute atomic E-state index is 13.8. The zero-order chi connectivity index (χ0) is 22.2. The van der Waals surface area contributed by atoms with Gasteiger partial charge in [0.25, 0.3) is 0 Å². The van der Waals surface area contributed by atoms with E-state index in [-0.39, 0.29) is 23.8 Å². The molecule has 2 amide bonds. The fraction of sp³-hybridized carbons (Fsp3) is 0.542. The summed E-state index contributed by atoms with van der Waals surface area (Å²) in [7, 11) is 1.64. The molecule has 1 saturated carbocycles. The number of hydrogen-bond donors (Lipinski definition) is 0. The van der Waals surface area contributed by atoms with E-state index in [1.165, 1.54) is 0 Å². The summed E-state index contributed by atoms with van der Waals surface area (Å²) in [6, 6.07) is 7.59. The number of aryl methyl sites for hydroxylation is 1. The van der Waals surface area contributed by atoms with Crippen LogP contribution in [0.25, 0.3) is 0 Å². The van der Waals surface area contributed by atoms with Gasteiger partial charge in [-0.05, 0) is 77.6 Å². The van der Waals surface area contributed by atoms with Gasteiger partial charge in [0.1, 0.15) is 17.4 Å². The molecule has 1 fully saturated rings. The number of fused-ring (bicyclic) bond motifs is 1. The number of rotatable bonds is 4. The summed E-state index contributed by atoms with van der Waals surface area (Å²) in [5, 5.41) is 0. The minimum Gasteiger partial charge on any atom is -0.497 e. The first-order valence-electron chi connectivity index (χ1n) is 11.0. The van der Waals surface area contributed by atoms with Gasteiger partial charge in [-0.3, -0.25) is 9.80 Å². The summed E-state index contributed by atoms with van der Waals surface area (Å²) in [4.78, 5) is 26.5. The van der Waals surface area contributed by atoms with Crippen molar-refractivity contribution in [2.45, 2.75) is 77.7 Å². The van der Waals surface area contributed by atoms with Gasteiger partial charge in [-0.1, -0.05) is 0 Å². The Morgan fingerprint density at radius 3 is 2.55 bits per heavy atom. The Labute approximate surface area is 184 Å². The van der Waals surface area contributed by atoms with Crippen molar-refractivity contribution in [3.63, 3.8) is 0 Å². The van der Waals surface area contributed by atoms with E-state index in [9.17, 15) is 4.79 Å². The number of aromatic nitrogens is 2. The molecule has 31 heavy (non-hydrogen) atoms. The third-order valence-electron chi connectivity index (χ3n) is 5.82. The average molecular weight is 425 g/mol. The number of carbonyl (C=O) groups is 1. The highest BCUT2D eigenvalue weighted by molar-refractivity contribution is 6.05. The third-order valence-corrected chi connectivity index (χ3v) is 5.82. The minimum atomic E-state index is -0.204. The number of benzene rings is 1. The molecule has 2 atom stereocenters. The lowest BCUT2D eigenvalue weighted by atomic mass is 9.90. The summed E-state index contributed by atoms with van der Waals surface area (Å²) in [6.45, 7) is 8.57. The zero-order valence-electron chi connectivity index (χ0n) is 19.1. The lowest BCUT2D eigenvalue weighted by Gasteiger charge is -2.43. The van der Waals surface area contributed by atoms with Crippen LogP contribution in [-0.4, -0.2) is 40.9 Å². The fourth-order valence-corrected chi connectivity index (χ4v) is 4.52. The van der Waals surface area contributed by atoms with Crippen LogP contribution in [0.2, 0.25) is 0 Å². The van der Waals surface area contributed by atoms with Crippen LogP contribution in [0, 0.1) is 6.92 Å². The number of urea groups is 1. The summed E-state index contributed by atoms with van der Waals surface area (Å²) < 4.78 is 11.6. The zero-order valence-corrected chi connectivity index (χ0v) is 19.1. The second kappa shape index (κ2) is 8.46. The molecular weight excluding hydrogens is 392 g/mol. The van der Waals surface area contributed by atoms with Gasteiger partial charge in [-0.15, -0.1) is 0 Å². The molecule has 1 aliphatic heterocycles. The normalized spacial score (nSPS) is 21.8. The van der Waals surface area contributed by atoms with Crippen molar-refractivity contribution in [3.8, 4) is 5.75 Å². The predicted octanol–water partition coefficient (Wildman–Crippen LogP) is 4.87. The number of hydrogen-bond acceptors (Lipinski definition) is 5. The Bertz CT molecular complexity index is 939.